The highest BCUT2D eigenvalue weighted by atomic mass is 79.9. The molecule has 3 aromatic rings. The van der Waals surface area contributed by atoms with Crippen LogP contribution in [0, 0.1) is 0 Å². The molecular weight excluding hydrogens is 460 g/mol. The van der Waals surface area contributed by atoms with Gasteiger partial charge in [0, 0.05) is 32.9 Å². The first-order valence-corrected chi connectivity index (χ1v) is 11.3. The third-order valence-corrected chi connectivity index (χ3v) is 6.65. The largest absolute Gasteiger partial charge is 0.284 e. The summed E-state index contributed by atoms with van der Waals surface area (Å²) in [5.74, 6) is 0. The molecule has 0 aliphatic carbocycles. The third-order valence-electron chi connectivity index (χ3n) is 4.49. The van der Waals surface area contributed by atoms with Crippen LogP contribution in [-0.4, -0.2) is 20.7 Å². The number of hydrogen-bond acceptors (Lipinski definition) is 3. The van der Waals surface area contributed by atoms with Crippen LogP contribution < -0.4 is 4.72 Å². The van der Waals surface area contributed by atoms with Gasteiger partial charge in [0.15, 0.2) is 0 Å². The highest BCUT2D eigenvalue weighted by Crippen LogP contribution is 2.26. The molecule has 142 valence electrons. The molecule has 1 heterocycles. The maximum Gasteiger partial charge on any atom is 0.261 e. The van der Waals surface area contributed by atoms with Crippen molar-refractivity contribution in [2.75, 3.05) is 11.3 Å². The number of aliphatic imine (C=N–C) groups is 1. The van der Waals surface area contributed by atoms with E-state index >= 15 is 0 Å². The van der Waals surface area contributed by atoms with Crippen molar-refractivity contribution in [1.29, 1.82) is 0 Å². The lowest BCUT2D eigenvalue weighted by Gasteiger charge is -2.18. The van der Waals surface area contributed by atoms with Crippen molar-refractivity contribution in [3.63, 3.8) is 0 Å². The van der Waals surface area contributed by atoms with Crippen LogP contribution in [-0.2, 0) is 16.4 Å². The van der Waals surface area contributed by atoms with Crippen molar-refractivity contribution >= 4 is 49.0 Å². The second-order valence-electron chi connectivity index (χ2n) is 6.42. The second-order valence-corrected chi connectivity index (χ2v) is 9.46. The van der Waals surface area contributed by atoms with Gasteiger partial charge in [0.05, 0.1) is 10.6 Å². The van der Waals surface area contributed by atoms with Crippen LogP contribution in [0.2, 0.25) is 5.02 Å². The maximum atomic E-state index is 12.7. The fourth-order valence-corrected chi connectivity index (χ4v) is 4.69. The Balaban J connectivity index is 1.66. The van der Waals surface area contributed by atoms with E-state index in [4.69, 9.17) is 11.6 Å². The number of nitrogens with zero attached hydrogens (tertiary/aromatic N) is 1. The van der Waals surface area contributed by atoms with Gasteiger partial charge in [0.25, 0.3) is 10.0 Å². The lowest BCUT2D eigenvalue weighted by atomic mass is 9.93. The molecular formula is C21H16BrClN2O2S. The Morgan fingerprint density at radius 2 is 1.79 bits per heavy atom. The van der Waals surface area contributed by atoms with Gasteiger partial charge in [0.1, 0.15) is 0 Å². The molecule has 1 aliphatic heterocycles. The summed E-state index contributed by atoms with van der Waals surface area (Å²) in [5.41, 5.74) is 4.38. The zero-order valence-corrected chi connectivity index (χ0v) is 17.9. The van der Waals surface area contributed by atoms with Crippen molar-refractivity contribution in [3.8, 4) is 0 Å². The molecule has 4 nitrogen and oxygen atoms in total. The molecule has 0 saturated carbocycles. The Hall–Kier alpha value is -2.15. The minimum Gasteiger partial charge on any atom is -0.284 e. The number of rotatable bonds is 4. The van der Waals surface area contributed by atoms with Gasteiger partial charge < -0.3 is 0 Å². The molecule has 0 aromatic heterocycles. The van der Waals surface area contributed by atoms with E-state index in [-0.39, 0.29) is 4.90 Å². The summed E-state index contributed by atoms with van der Waals surface area (Å²) in [6.45, 7) is 0.678. The highest BCUT2D eigenvalue weighted by molar-refractivity contribution is 9.10. The molecule has 0 amide bonds. The van der Waals surface area contributed by atoms with Crippen molar-refractivity contribution in [2.45, 2.75) is 11.3 Å². The molecule has 28 heavy (non-hydrogen) atoms. The molecule has 1 aliphatic rings. The SMILES string of the molecule is O=S(=O)(Nc1cccc(C2=NCCc3cc(Cl)ccc32)c1)c1ccc(Br)cc1. The van der Waals surface area contributed by atoms with Crippen molar-refractivity contribution in [2.24, 2.45) is 4.99 Å². The number of sulfonamides is 1. The van der Waals surface area contributed by atoms with E-state index in [0.29, 0.717) is 17.3 Å². The highest BCUT2D eigenvalue weighted by Gasteiger charge is 2.18. The Kier molecular flexibility index (Phi) is 5.27. The van der Waals surface area contributed by atoms with E-state index in [1.807, 2.05) is 30.3 Å². The summed E-state index contributed by atoms with van der Waals surface area (Å²) in [6, 6.07) is 19.6. The third kappa shape index (κ3) is 3.99. The van der Waals surface area contributed by atoms with E-state index < -0.39 is 10.0 Å². The predicted octanol–water partition coefficient (Wildman–Crippen LogP) is 5.30. The van der Waals surface area contributed by atoms with E-state index in [2.05, 4.69) is 25.6 Å². The summed E-state index contributed by atoms with van der Waals surface area (Å²) in [6.07, 6.45) is 0.843. The maximum absolute atomic E-state index is 12.7. The lowest BCUT2D eigenvalue weighted by molar-refractivity contribution is 0.601. The Morgan fingerprint density at radius 1 is 1.00 bits per heavy atom. The summed E-state index contributed by atoms with van der Waals surface area (Å²) in [7, 11) is -3.67. The van der Waals surface area contributed by atoms with Crippen LogP contribution in [0.15, 0.2) is 81.1 Å². The monoisotopic (exact) mass is 474 g/mol. The topological polar surface area (TPSA) is 58.5 Å². The van der Waals surface area contributed by atoms with E-state index in [1.54, 1.807) is 36.4 Å². The van der Waals surface area contributed by atoms with Gasteiger partial charge in [-0.3, -0.25) is 9.71 Å². The standard InChI is InChI=1S/C21H16BrClN2O2S/c22-16-4-7-19(8-5-16)28(26,27)25-18-3-1-2-15(13-18)21-20-9-6-17(23)12-14(20)10-11-24-21/h1-9,12-13,25H,10-11H2. The molecule has 7 heteroatoms. The Labute approximate surface area is 177 Å². The molecule has 0 spiro atoms. The first-order chi connectivity index (χ1) is 13.4. The van der Waals surface area contributed by atoms with Crippen LogP contribution in [0.25, 0.3) is 0 Å². The molecule has 0 unspecified atom stereocenters. The predicted molar refractivity (Wildman–Crippen MR) is 117 cm³/mol. The van der Waals surface area contributed by atoms with Crippen LogP contribution in [0.4, 0.5) is 5.69 Å². The fourth-order valence-electron chi connectivity index (χ4n) is 3.18. The lowest BCUT2D eigenvalue weighted by Crippen LogP contribution is -2.16. The summed E-state index contributed by atoms with van der Waals surface area (Å²) in [4.78, 5) is 4.87. The fraction of sp³-hybridized carbons (Fsp3) is 0.0952. The average Bonchev–Trinajstić information content (AvgIpc) is 2.67. The van der Waals surface area contributed by atoms with Gasteiger partial charge in [-0.1, -0.05) is 45.7 Å². The average molecular weight is 476 g/mol. The quantitative estimate of drug-likeness (QED) is 0.557. The van der Waals surface area contributed by atoms with Gasteiger partial charge in [-0.15, -0.1) is 0 Å². The zero-order chi connectivity index (χ0) is 19.7. The Morgan fingerprint density at radius 3 is 2.57 bits per heavy atom. The summed E-state index contributed by atoms with van der Waals surface area (Å²) >= 11 is 9.43. The molecule has 0 bridgehead atoms. The molecule has 4 rings (SSSR count). The zero-order valence-electron chi connectivity index (χ0n) is 14.7. The van der Waals surface area contributed by atoms with Gasteiger partial charge in [-0.25, -0.2) is 8.42 Å². The Bertz CT molecular complexity index is 1180. The van der Waals surface area contributed by atoms with Crippen LogP contribution in [0.3, 0.4) is 0 Å². The number of nitrogens with one attached hydrogen (secondary N) is 1. The van der Waals surface area contributed by atoms with E-state index in [1.165, 1.54) is 0 Å². The van der Waals surface area contributed by atoms with E-state index in [9.17, 15) is 8.42 Å². The molecule has 1 N–H and O–H groups in total. The first kappa shape index (κ1) is 19.2. The normalized spacial score (nSPS) is 13.6. The molecule has 0 radical (unpaired) electrons. The van der Waals surface area contributed by atoms with Crippen LogP contribution in [0.1, 0.15) is 16.7 Å². The number of fused-ring (bicyclic) bond motifs is 1. The summed E-state index contributed by atoms with van der Waals surface area (Å²) < 4.78 is 28.8. The minimum absolute atomic E-state index is 0.205. The smallest absolute Gasteiger partial charge is 0.261 e. The number of anilines is 1. The first-order valence-electron chi connectivity index (χ1n) is 8.64. The van der Waals surface area contributed by atoms with Crippen molar-refractivity contribution in [1.82, 2.24) is 0 Å². The number of hydrogen-bond donors (Lipinski definition) is 1. The molecule has 3 aromatic carbocycles. The van der Waals surface area contributed by atoms with E-state index in [0.717, 1.165) is 33.3 Å². The van der Waals surface area contributed by atoms with Gasteiger partial charge in [-0.05, 0) is 60.5 Å². The van der Waals surface area contributed by atoms with Gasteiger partial charge in [0.2, 0.25) is 0 Å². The molecule has 0 fully saturated rings. The van der Waals surface area contributed by atoms with Crippen LogP contribution in [0.5, 0.6) is 0 Å². The molecule has 0 saturated heterocycles. The van der Waals surface area contributed by atoms with Gasteiger partial charge in [-0.2, -0.15) is 0 Å². The summed E-state index contributed by atoms with van der Waals surface area (Å²) in [5, 5.41) is 0.705. The van der Waals surface area contributed by atoms with Crippen LogP contribution >= 0.6 is 27.5 Å². The second kappa shape index (κ2) is 7.70. The molecule has 0 atom stereocenters. The minimum atomic E-state index is -3.67. The van der Waals surface area contributed by atoms with Crippen molar-refractivity contribution in [3.05, 3.63) is 92.9 Å². The number of halogens is 2. The number of benzene rings is 3. The van der Waals surface area contributed by atoms with Gasteiger partial charge >= 0.3 is 0 Å². The van der Waals surface area contributed by atoms with Crippen molar-refractivity contribution < 1.29 is 8.42 Å².